The van der Waals surface area contributed by atoms with Crippen LogP contribution in [0, 0.1) is 0 Å². The van der Waals surface area contributed by atoms with Gasteiger partial charge in [0.15, 0.2) is 0 Å². The molecular formula is C7H8N2O2. The van der Waals surface area contributed by atoms with Crippen molar-refractivity contribution in [2.45, 2.75) is 18.3 Å². The lowest BCUT2D eigenvalue weighted by molar-refractivity contribution is -0.140. The summed E-state index contributed by atoms with van der Waals surface area (Å²) in [5.74, 6) is -0.183. The van der Waals surface area contributed by atoms with Gasteiger partial charge in [-0.25, -0.2) is 4.98 Å². The lowest BCUT2D eigenvalue weighted by Gasteiger charge is -2.03. The minimum Gasteiger partial charge on any atom is -0.480 e. The third-order valence-electron chi connectivity index (χ3n) is 2.11. The summed E-state index contributed by atoms with van der Waals surface area (Å²) in [4.78, 5) is 17.5. The van der Waals surface area contributed by atoms with Crippen LogP contribution in [-0.4, -0.2) is 21.0 Å². The van der Waals surface area contributed by atoms with E-state index in [0.717, 1.165) is 0 Å². The van der Waals surface area contributed by atoms with E-state index in [1.165, 1.54) is 0 Å². The number of hydrogen-bond donors (Lipinski definition) is 2. The Balaban J connectivity index is 2.36. The maximum atomic E-state index is 10.7. The van der Waals surface area contributed by atoms with Crippen molar-refractivity contribution < 1.29 is 9.90 Å². The van der Waals surface area contributed by atoms with Gasteiger partial charge in [0, 0.05) is 12.4 Å². The highest BCUT2D eigenvalue weighted by Crippen LogP contribution is 2.46. The number of H-pyrrole nitrogens is 1. The first-order valence-corrected chi connectivity index (χ1v) is 3.49. The number of nitrogens with zero attached hydrogens (tertiary/aromatic N) is 1. The second kappa shape index (κ2) is 1.84. The maximum Gasteiger partial charge on any atom is 0.317 e. The SMILES string of the molecule is O=C(O)C1(c2ncc[nH]2)CC1. The van der Waals surface area contributed by atoms with Crippen LogP contribution in [0.5, 0.6) is 0 Å². The normalized spacial score (nSPS) is 19.6. The standard InChI is InChI=1S/C7H8N2O2/c10-6(11)7(1-2-7)5-8-3-4-9-5/h3-4H,1-2H2,(H,8,9)(H,10,11). The Kier molecular flexibility index (Phi) is 1.07. The summed E-state index contributed by atoms with van der Waals surface area (Å²) in [6.45, 7) is 0. The summed E-state index contributed by atoms with van der Waals surface area (Å²) in [7, 11) is 0. The van der Waals surface area contributed by atoms with E-state index in [9.17, 15) is 4.79 Å². The Hall–Kier alpha value is -1.32. The van der Waals surface area contributed by atoms with Gasteiger partial charge in [-0.05, 0) is 12.8 Å². The van der Waals surface area contributed by atoms with Gasteiger partial charge >= 0.3 is 5.97 Å². The van der Waals surface area contributed by atoms with Crippen LogP contribution < -0.4 is 0 Å². The highest BCUT2D eigenvalue weighted by atomic mass is 16.4. The molecule has 0 aromatic carbocycles. The molecule has 0 spiro atoms. The number of aliphatic carboxylic acids is 1. The first kappa shape index (κ1) is 6.39. The number of aromatic amines is 1. The van der Waals surface area contributed by atoms with Crippen molar-refractivity contribution in [1.82, 2.24) is 9.97 Å². The van der Waals surface area contributed by atoms with Crippen LogP contribution in [0.4, 0.5) is 0 Å². The minimum atomic E-state index is -0.771. The fourth-order valence-electron chi connectivity index (χ4n) is 1.20. The van der Waals surface area contributed by atoms with Crippen LogP contribution in [0.1, 0.15) is 18.7 Å². The van der Waals surface area contributed by atoms with Gasteiger partial charge in [0.05, 0.1) is 0 Å². The molecule has 0 amide bonds. The Morgan fingerprint density at radius 2 is 2.45 bits per heavy atom. The lowest BCUT2D eigenvalue weighted by Crippen LogP contribution is -2.20. The maximum absolute atomic E-state index is 10.7. The summed E-state index contributed by atoms with van der Waals surface area (Å²) < 4.78 is 0. The molecule has 1 heterocycles. The van der Waals surface area contributed by atoms with E-state index >= 15 is 0 Å². The molecule has 0 aliphatic heterocycles. The molecule has 4 heteroatoms. The third kappa shape index (κ3) is 0.753. The van der Waals surface area contributed by atoms with E-state index in [0.29, 0.717) is 18.7 Å². The molecule has 1 aliphatic rings. The number of carboxylic acid groups (broad SMARTS) is 1. The van der Waals surface area contributed by atoms with Crippen LogP contribution >= 0.6 is 0 Å². The number of aromatic nitrogens is 2. The summed E-state index contributed by atoms with van der Waals surface area (Å²) >= 11 is 0. The molecule has 0 radical (unpaired) electrons. The minimum absolute atomic E-state index is 0.588. The van der Waals surface area contributed by atoms with Gasteiger partial charge in [-0.2, -0.15) is 0 Å². The van der Waals surface area contributed by atoms with Crippen molar-refractivity contribution >= 4 is 5.97 Å². The van der Waals surface area contributed by atoms with Gasteiger partial charge in [0.2, 0.25) is 0 Å². The van der Waals surface area contributed by atoms with Gasteiger partial charge in [-0.3, -0.25) is 4.79 Å². The average molecular weight is 152 g/mol. The number of carbonyl (C=O) groups is 1. The summed E-state index contributed by atoms with van der Waals surface area (Å²) in [6.07, 6.45) is 4.64. The van der Waals surface area contributed by atoms with Crippen molar-refractivity contribution in [3.63, 3.8) is 0 Å². The van der Waals surface area contributed by atoms with Crippen LogP contribution in [0.2, 0.25) is 0 Å². The van der Waals surface area contributed by atoms with Crippen molar-refractivity contribution in [2.75, 3.05) is 0 Å². The molecule has 2 rings (SSSR count). The Morgan fingerprint density at radius 3 is 2.82 bits per heavy atom. The Bertz CT molecular complexity index is 275. The van der Waals surface area contributed by atoms with Crippen molar-refractivity contribution in [2.24, 2.45) is 0 Å². The van der Waals surface area contributed by atoms with Crippen LogP contribution in [-0.2, 0) is 10.2 Å². The smallest absolute Gasteiger partial charge is 0.317 e. The molecule has 0 saturated heterocycles. The van der Waals surface area contributed by atoms with Crippen molar-refractivity contribution in [3.05, 3.63) is 18.2 Å². The van der Waals surface area contributed by atoms with Crippen LogP contribution in [0.25, 0.3) is 0 Å². The lowest BCUT2D eigenvalue weighted by atomic mass is 10.1. The molecule has 4 nitrogen and oxygen atoms in total. The fraction of sp³-hybridized carbons (Fsp3) is 0.429. The Labute approximate surface area is 63.3 Å². The van der Waals surface area contributed by atoms with Gasteiger partial charge in [0.25, 0.3) is 0 Å². The first-order valence-electron chi connectivity index (χ1n) is 3.49. The molecule has 2 N–H and O–H groups in total. The van der Waals surface area contributed by atoms with E-state index in [-0.39, 0.29) is 0 Å². The predicted molar refractivity (Wildman–Crippen MR) is 37.1 cm³/mol. The van der Waals surface area contributed by atoms with Crippen LogP contribution in [0.3, 0.4) is 0 Å². The molecule has 0 bridgehead atoms. The zero-order valence-electron chi connectivity index (χ0n) is 5.87. The molecule has 1 saturated carbocycles. The molecule has 58 valence electrons. The topological polar surface area (TPSA) is 66.0 Å². The zero-order chi connectivity index (χ0) is 7.90. The van der Waals surface area contributed by atoms with Crippen molar-refractivity contribution in [3.8, 4) is 0 Å². The molecule has 1 aromatic heterocycles. The Morgan fingerprint density at radius 1 is 1.73 bits per heavy atom. The monoisotopic (exact) mass is 152 g/mol. The third-order valence-corrected chi connectivity index (χ3v) is 2.11. The molecule has 1 aliphatic carbocycles. The second-order valence-electron chi connectivity index (χ2n) is 2.83. The predicted octanol–water partition coefficient (Wildman–Crippen LogP) is 0.526. The second-order valence-corrected chi connectivity index (χ2v) is 2.83. The largest absolute Gasteiger partial charge is 0.480 e. The number of carboxylic acids is 1. The highest BCUT2D eigenvalue weighted by molar-refractivity contribution is 5.83. The molecule has 1 fully saturated rings. The summed E-state index contributed by atoms with van der Waals surface area (Å²) in [6, 6.07) is 0. The number of hydrogen-bond acceptors (Lipinski definition) is 2. The fourth-order valence-corrected chi connectivity index (χ4v) is 1.20. The molecule has 0 unspecified atom stereocenters. The number of nitrogens with one attached hydrogen (secondary N) is 1. The van der Waals surface area contributed by atoms with Gasteiger partial charge in [0.1, 0.15) is 11.2 Å². The first-order chi connectivity index (χ1) is 5.26. The quantitative estimate of drug-likeness (QED) is 0.649. The summed E-state index contributed by atoms with van der Waals surface area (Å²) in [5, 5.41) is 8.82. The molecule has 0 atom stereocenters. The molecule has 11 heavy (non-hydrogen) atoms. The molecular weight excluding hydrogens is 144 g/mol. The average Bonchev–Trinajstić information content (AvgIpc) is 2.61. The van der Waals surface area contributed by atoms with E-state index in [1.807, 2.05) is 0 Å². The van der Waals surface area contributed by atoms with Gasteiger partial charge in [-0.1, -0.05) is 0 Å². The number of rotatable bonds is 2. The molecule has 1 aromatic rings. The van der Waals surface area contributed by atoms with E-state index < -0.39 is 11.4 Å². The zero-order valence-corrected chi connectivity index (χ0v) is 5.87. The summed E-state index contributed by atoms with van der Waals surface area (Å²) in [5.41, 5.74) is -0.677. The van der Waals surface area contributed by atoms with Crippen molar-refractivity contribution in [1.29, 1.82) is 0 Å². The van der Waals surface area contributed by atoms with E-state index in [4.69, 9.17) is 5.11 Å². The highest BCUT2D eigenvalue weighted by Gasteiger charge is 2.54. The van der Waals surface area contributed by atoms with E-state index in [2.05, 4.69) is 9.97 Å². The van der Waals surface area contributed by atoms with Gasteiger partial charge in [-0.15, -0.1) is 0 Å². The number of imidazole rings is 1. The van der Waals surface area contributed by atoms with E-state index in [1.54, 1.807) is 12.4 Å². The van der Waals surface area contributed by atoms with Gasteiger partial charge < -0.3 is 10.1 Å². The van der Waals surface area contributed by atoms with Crippen LogP contribution in [0.15, 0.2) is 12.4 Å².